The minimum atomic E-state index is 0.583. The summed E-state index contributed by atoms with van der Waals surface area (Å²) in [4.78, 5) is 4.31. The molecule has 1 fully saturated rings. The average Bonchev–Trinajstić information content (AvgIpc) is 2.21. The fourth-order valence-corrected chi connectivity index (χ4v) is 1.65. The van der Waals surface area contributed by atoms with E-state index in [2.05, 4.69) is 16.4 Å². The third kappa shape index (κ3) is 1.64. The average molecular weight is 161 g/mol. The summed E-state index contributed by atoms with van der Waals surface area (Å²) >= 11 is 0. The van der Waals surface area contributed by atoms with Crippen molar-refractivity contribution in [2.24, 2.45) is 0 Å². The van der Waals surface area contributed by atoms with E-state index in [1.54, 1.807) is 0 Å². The lowest BCUT2D eigenvalue weighted by Gasteiger charge is -2.21. The molecule has 63 valence electrons. The lowest BCUT2D eigenvalue weighted by Crippen LogP contribution is -2.28. The topological polar surface area (TPSA) is 24.9 Å². The number of piperidine rings is 1. The summed E-state index contributed by atoms with van der Waals surface area (Å²) in [6.07, 6.45) is 4.36. The second-order valence-electron chi connectivity index (χ2n) is 3.21. The first-order chi connectivity index (χ1) is 5.97. The van der Waals surface area contributed by atoms with E-state index in [1.165, 1.54) is 12.8 Å². The van der Waals surface area contributed by atoms with E-state index in [-0.39, 0.29) is 0 Å². The zero-order valence-corrected chi connectivity index (χ0v) is 7.09. The molecule has 2 rings (SSSR count). The Balaban J connectivity index is 2.08. The number of pyridine rings is 1. The van der Waals surface area contributed by atoms with Gasteiger partial charge in [0.15, 0.2) is 0 Å². The lowest BCUT2D eigenvalue weighted by atomic mass is 9.96. The van der Waals surface area contributed by atoms with Crippen molar-refractivity contribution in [3.05, 3.63) is 30.1 Å². The molecule has 0 amide bonds. The van der Waals surface area contributed by atoms with Crippen LogP contribution in [0.2, 0.25) is 0 Å². The highest BCUT2D eigenvalue weighted by Gasteiger charge is 2.15. The number of rotatable bonds is 1. The molecule has 1 radical (unpaired) electrons. The summed E-state index contributed by atoms with van der Waals surface area (Å²) in [5.74, 6) is 0.583. The van der Waals surface area contributed by atoms with Crippen LogP contribution in [0.4, 0.5) is 0 Å². The summed E-state index contributed by atoms with van der Waals surface area (Å²) in [6, 6.07) is 7.04. The number of hydrogen-bond acceptors (Lipinski definition) is 2. The van der Waals surface area contributed by atoms with Gasteiger partial charge in [0.25, 0.3) is 0 Å². The van der Waals surface area contributed by atoms with Gasteiger partial charge in [-0.25, -0.2) is 0 Å². The third-order valence-corrected chi connectivity index (χ3v) is 2.31. The SMILES string of the molecule is [c]1cccnc1C1CCCNC1. The van der Waals surface area contributed by atoms with Crippen LogP contribution in [-0.4, -0.2) is 18.1 Å². The number of nitrogens with zero attached hydrogens (tertiary/aromatic N) is 1. The van der Waals surface area contributed by atoms with Crippen molar-refractivity contribution >= 4 is 0 Å². The highest BCUT2D eigenvalue weighted by molar-refractivity contribution is 5.08. The van der Waals surface area contributed by atoms with Crippen LogP contribution in [0.15, 0.2) is 18.3 Å². The van der Waals surface area contributed by atoms with E-state index in [4.69, 9.17) is 0 Å². The van der Waals surface area contributed by atoms with Gasteiger partial charge < -0.3 is 5.32 Å². The van der Waals surface area contributed by atoms with Crippen LogP contribution in [0.1, 0.15) is 24.5 Å². The first-order valence-corrected chi connectivity index (χ1v) is 4.50. The molecule has 2 heteroatoms. The molecule has 1 atom stereocenters. The molecule has 0 aliphatic carbocycles. The summed E-state index contributed by atoms with van der Waals surface area (Å²) in [6.45, 7) is 2.22. The maximum atomic E-state index is 4.31. The number of hydrogen-bond donors (Lipinski definition) is 1. The van der Waals surface area contributed by atoms with Crippen LogP contribution in [0.25, 0.3) is 0 Å². The molecule has 0 bridgehead atoms. The zero-order valence-electron chi connectivity index (χ0n) is 7.09. The van der Waals surface area contributed by atoms with Crippen LogP contribution in [0.3, 0.4) is 0 Å². The van der Waals surface area contributed by atoms with Crippen LogP contribution in [-0.2, 0) is 0 Å². The van der Waals surface area contributed by atoms with Crippen molar-refractivity contribution in [2.45, 2.75) is 18.8 Å². The predicted molar refractivity (Wildman–Crippen MR) is 47.9 cm³/mol. The van der Waals surface area contributed by atoms with Gasteiger partial charge >= 0.3 is 0 Å². The Hall–Kier alpha value is -0.890. The second kappa shape index (κ2) is 3.68. The van der Waals surface area contributed by atoms with Crippen molar-refractivity contribution in [1.82, 2.24) is 10.3 Å². The third-order valence-electron chi connectivity index (χ3n) is 2.31. The smallest absolute Gasteiger partial charge is 0.0526 e. The largest absolute Gasteiger partial charge is 0.316 e. The number of nitrogens with one attached hydrogen (secondary N) is 1. The van der Waals surface area contributed by atoms with Gasteiger partial charge in [-0.2, -0.15) is 0 Å². The maximum Gasteiger partial charge on any atom is 0.0526 e. The highest BCUT2D eigenvalue weighted by Crippen LogP contribution is 2.19. The van der Waals surface area contributed by atoms with Gasteiger partial charge in [-0.1, -0.05) is 6.07 Å². The molecule has 1 aliphatic rings. The molecule has 1 aromatic rings. The van der Waals surface area contributed by atoms with E-state index in [0.29, 0.717) is 5.92 Å². The molecule has 2 nitrogen and oxygen atoms in total. The molecule has 1 N–H and O–H groups in total. The molecule has 1 aliphatic heterocycles. The molecule has 0 aromatic carbocycles. The molecule has 1 unspecified atom stereocenters. The Morgan fingerprint density at radius 1 is 1.58 bits per heavy atom. The van der Waals surface area contributed by atoms with E-state index >= 15 is 0 Å². The monoisotopic (exact) mass is 161 g/mol. The summed E-state index contributed by atoms with van der Waals surface area (Å²) < 4.78 is 0. The van der Waals surface area contributed by atoms with E-state index in [1.807, 2.05) is 18.3 Å². The maximum absolute atomic E-state index is 4.31. The van der Waals surface area contributed by atoms with Gasteiger partial charge in [0.05, 0.1) is 5.69 Å². The molecular formula is C10H13N2. The first-order valence-electron chi connectivity index (χ1n) is 4.50. The van der Waals surface area contributed by atoms with Crippen LogP contribution in [0.5, 0.6) is 0 Å². The molecule has 0 spiro atoms. The van der Waals surface area contributed by atoms with Crippen LogP contribution < -0.4 is 5.32 Å². The molecule has 1 aromatic heterocycles. The van der Waals surface area contributed by atoms with Crippen molar-refractivity contribution in [3.8, 4) is 0 Å². The quantitative estimate of drug-likeness (QED) is 0.672. The lowest BCUT2D eigenvalue weighted by molar-refractivity contribution is 0.454. The van der Waals surface area contributed by atoms with Crippen molar-refractivity contribution in [2.75, 3.05) is 13.1 Å². The zero-order chi connectivity index (χ0) is 8.23. The van der Waals surface area contributed by atoms with Crippen molar-refractivity contribution in [3.63, 3.8) is 0 Å². The summed E-state index contributed by atoms with van der Waals surface area (Å²) in [5.41, 5.74) is 1.12. The minimum Gasteiger partial charge on any atom is -0.316 e. The summed E-state index contributed by atoms with van der Waals surface area (Å²) in [5, 5.41) is 3.37. The Bertz CT molecular complexity index is 227. The molecular weight excluding hydrogens is 148 g/mol. The van der Waals surface area contributed by atoms with E-state index < -0.39 is 0 Å². The fraction of sp³-hybridized carbons (Fsp3) is 0.500. The van der Waals surface area contributed by atoms with Gasteiger partial charge in [0, 0.05) is 24.7 Å². The highest BCUT2D eigenvalue weighted by atomic mass is 14.9. The van der Waals surface area contributed by atoms with Crippen LogP contribution >= 0.6 is 0 Å². The van der Waals surface area contributed by atoms with Gasteiger partial charge in [0.1, 0.15) is 0 Å². The fourth-order valence-electron chi connectivity index (χ4n) is 1.65. The van der Waals surface area contributed by atoms with E-state index in [9.17, 15) is 0 Å². The summed E-state index contributed by atoms with van der Waals surface area (Å²) in [7, 11) is 0. The van der Waals surface area contributed by atoms with Gasteiger partial charge in [-0.05, 0) is 25.5 Å². The Labute approximate surface area is 73.0 Å². The Kier molecular flexibility index (Phi) is 2.37. The molecule has 2 heterocycles. The Morgan fingerprint density at radius 3 is 3.25 bits per heavy atom. The van der Waals surface area contributed by atoms with Crippen LogP contribution in [0, 0.1) is 6.07 Å². The van der Waals surface area contributed by atoms with E-state index in [0.717, 1.165) is 18.8 Å². The number of aromatic nitrogens is 1. The second-order valence-corrected chi connectivity index (χ2v) is 3.21. The Morgan fingerprint density at radius 2 is 2.58 bits per heavy atom. The van der Waals surface area contributed by atoms with Crippen molar-refractivity contribution in [1.29, 1.82) is 0 Å². The van der Waals surface area contributed by atoms with Crippen molar-refractivity contribution < 1.29 is 0 Å². The predicted octanol–water partition coefficient (Wildman–Crippen LogP) is 1.35. The van der Waals surface area contributed by atoms with Gasteiger partial charge in [0.2, 0.25) is 0 Å². The minimum absolute atomic E-state index is 0.583. The molecule has 0 saturated carbocycles. The standard InChI is InChI=1S/C10H13N2/c1-2-7-12-10(5-1)9-4-3-6-11-8-9/h1-2,7,9,11H,3-4,6,8H2. The molecule has 12 heavy (non-hydrogen) atoms. The van der Waals surface area contributed by atoms with Gasteiger partial charge in [-0.3, -0.25) is 4.98 Å². The molecule has 1 saturated heterocycles. The first kappa shape index (κ1) is 7.74. The normalized spacial score (nSPS) is 23.8. The van der Waals surface area contributed by atoms with Gasteiger partial charge in [-0.15, -0.1) is 0 Å².